The SMILES string of the molecule is CCN(CC)c1ccc(/C=C/c2cc[n+](CCCCCCCCCC[n+]3ccc(/C=C/c4ccc(N(CC)CC)cc4)c(C)c3)cc2C)cc1.[I-].[I-]. The molecule has 0 N–H and O–H groups in total. The van der Waals surface area contributed by atoms with Crippen molar-refractivity contribution < 1.29 is 57.1 Å². The van der Waals surface area contributed by atoms with E-state index in [1.54, 1.807) is 0 Å². The molecule has 0 saturated heterocycles. The molecule has 0 fully saturated rings. The normalized spacial score (nSPS) is 11.1. The monoisotopic (exact) mass is 926 g/mol. The number of aromatic nitrogens is 2. The Morgan fingerprint density at radius 2 is 0.769 bits per heavy atom. The fourth-order valence-corrected chi connectivity index (χ4v) is 6.79. The summed E-state index contributed by atoms with van der Waals surface area (Å²) >= 11 is 0. The van der Waals surface area contributed by atoms with Gasteiger partial charge in [-0.2, -0.15) is 0 Å². The molecule has 2 aromatic carbocycles. The number of rotatable bonds is 21. The number of nitrogens with zero attached hydrogens (tertiary/aromatic N) is 4. The zero-order valence-electron chi connectivity index (χ0n) is 32.8. The van der Waals surface area contributed by atoms with Crippen LogP contribution in [-0.4, -0.2) is 26.2 Å². The molecule has 0 saturated carbocycles. The van der Waals surface area contributed by atoms with E-state index >= 15 is 0 Å². The summed E-state index contributed by atoms with van der Waals surface area (Å²) in [7, 11) is 0. The molecule has 2 heterocycles. The Hall–Kier alpha value is -2.72. The summed E-state index contributed by atoms with van der Waals surface area (Å²) in [6.07, 6.45) is 28.6. The summed E-state index contributed by atoms with van der Waals surface area (Å²) in [6.45, 7) is 19.6. The predicted molar refractivity (Wildman–Crippen MR) is 218 cm³/mol. The van der Waals surface area contributed by atoms with Crippen molar-refractivity contribution >= 4 is 35.7 Å². The molecule has 4 rings (SSSR count). The highest BCUT2D eigenvalue weighted by molar-refractivity contribution is 5.72. The lowest BCUT2D eigenvalue weighted by molar-refractivity contribution is -0.697. The van der Waals surface area contributed by atoms with Gasteiger partial charge in [0.15, 0.2) is 24.8 Å². The number of halogens is 2. The van der Waals surface area contributed by atoms with E-state index in [2.05, 4.69) is 170 Å². The smallest absolute Gasteiger partial charge is 0.172 e. The standard InChI is InChI=1S/C46H64N4.2HI/c1-7-49(8-2)45-27-21-41(22-28-45)19-25-43-31-35-47(37-39(43)5)33-17-15-13-11-12-14-16-18-34-48-36-32-44(40(6)38-48)26-20-42-23-29-46(30-24-42)50(9-3)10-4;;/h19-32,35-38H,7-18,33-34H2,1-6H3;2*1H/q+2;;/p-2. The second kappa shape index (κ2) is 25.3. The maximum Gasteiger partial charge on any atom is 0.172 e. The molecule has 0 amide bonds. The minimum absolute atomic E-state index is 0. The topological polar surface area (TPSA) is 14.2 Å². The summed E-state index contributed by atoms with van der Waals surface area (Å²) in [5, 5.41) is 0. The molecule has 52 heavy (non-hydrogen) atoms. The van der Waals surface area contributed by atoms with Gasteiger partial charge in [-0.3, -0.25) is 0 Å². The van der Waals surface area contributed by atoms with E-state index in [4.69, 9.17) is 0 Å². The molecule has 6 heteroatoms. The maximum atomic E-state index is 2.38. The first-order valence-electron chi connectivity index (χ1n) is 19.5. The Morgan fingerprint density at radius 1 is 0.442 bits per heavy atom. The summed E-state index contributed by atoms with van der Waals surface area (Å²) in [4.78, 5) is 4.76. The van der Waals surface area contributed by atoms with Crippen LogP contribution in [-0.2, 0) is 13.1 Å². The van der Waals surface area contributed by atoms with E-state index in [0.717, 1.165) is 39.3 Å². The van der Waals surface area contributed by atoms with E-state index in [9.17, 15) is 0 Å². The van der Waals surface area contributed by atoms with Crippen LogP contribution in [0.3, 0.4) is 0 Å². The molecule has 0 radical (unpaired) electrons. The van der Waals surface area contributed by atoms with Gasteiger partial charge in [0, 0.05) is 73.7 Å². The molecule has 0 aliphatic heterocycles. The summed E-state index contributed by atoms with van der Waals surface area (Å²) in [6, 6.07) is 22.3. The lowest BCUT2D eigenvalue weighted by Crippen LogP contribution is -3.00. The summed E-state index contributed by atoms with van der Waals surface area (Å²) < 4.78 is 4.72. The average molecular weight is 927 g/mol. The van der Waals surface area contributed by atoms with Gasteiger partial charge in [0.1, 0.15) is 13.1 Å². The van der Waals surface area contributed by atoms with Crippen molar-refractivity contribution in [2.75, 3.05) is 36.0 Å². The van der Waals surface area contributed by atoms with Gasteiger partial charge in [-0.05, 0) is 101 Å². The van der Waals surface area contributed by atoms with Crippen molar-refractivity contribution in [3.63, 3.8) is 0 Å². The third-order valence-corrected chi connectivity index (χ3v) is 10.1. The van der Waals surface area contributed by atoms with Crippen molar-refractivity contribution in [1.29, 1.82) is 0 Å². The molecule has 282 valence electrons. The number of aryl methyl sites for hydroxylation is 4. The van der Waals surface area contributed by atoms with Crippen molar-refractivity contribution in [3.05, 3.63) is 119 Å². The second-order valence-electron chi connectivity index (χ2n) is 13.7. The fraction of sp³-hybridized carbons (Fsp3) is 0.435. The summed E-state index contributed by atoms with van der Waals surface area (Å²) in [5.41, 5.74) is 10.3. The van der Waals surface area contributed by atoms with Gasteiger partial charge in [-0.15, -0.1) is 0 Å². The van der Waals surface area contributed by atoms with Gasteiger partial charge in [0.2, 0.25) is 0 Å². The van der Waals surface area contributed by atoms with Gasteiger partial charge in [-0.25, -0.2) is 9.13 Å². The van der Waals surface area contributed by atoms with Crippen LogP contribution in [0, 0.1) is 13.8 Å². The first kappa shape index (κ1) is 45.4. The summed E-state index contributed by atoms with van der Waals surface area (Å²) in [5.74, 6) is 0. The Balaban J connectivity index is 0.00000468. The first-order chi connectivity index (χ1) is 24.4. The van der Waals surface area contributed by atoms with Crippen molar-refractivity contribution in [2.24, 2.45) is 0 Å². The van der Waals surface area contributed by atoms with Crippen LogP contribution in [0.4, 0.5) is 11.4 Å². The lowest BCUT2D eigenvalue weighted by Gasteiger charge is -2.20. The van der Waals surface area contributed by atoms with Crippen LogP contribution in [0.15, 0.2) is 85.5 Å². The molecule has 0 atom stereocenters. The molecule has 0 unspecified atom stereocenters. The molecular formula is C46H64I2N4. The first-order valence-corrected chi connectivity index (χ1v) is 19.5. The molecule has 0 aliphatic carbocycles. The highest BCUT2D eigenvalue weighted by Gasteiger charge is 2.07. The number of hydrogen-bond donors (Lipinski definition) is 0. The van der Waals surface area contributed by atoms with E-state index in [1.807, 2.05) is 0 Å². The van der Waals surface area contributed by atoms with E-state index in [-0.39, 0.29) is 48.0 Å². The van der Waals surface area contributed by atoms with Crippen molar-refractivity contribution in [1.82, 2.24) is 0 Å². The minimum atomic E-state index is 0. The third-order valence-electron chi connectivity index (χ3n) is 10.1. The fourth-order valence-electron chi connectivity index (χ4n) is 6.79. The second-order valence-corrected chi connectivity index (χ2v) is 13.7. The van der Waals surface area contributed by atoms with Gasteiger partial charge in [0.05, 0.1) is 0 Å². The van der Waals surface area contributed by atoms with Crippen LogP contribution < -0.4 is 66.9 Å². The molecule has 2 aromatic heterocycles. The number of unbranched alkanes of at least 4 members (excludes halogenated alkanes) is 7. The van der Waals surface area contributed by atoms with Gasteiger partial charge >= 0.3 is 0 Å². The number of pyridine rings is 2. The van der Waals surface area contributed by atoms with Gasteiger partial charge in [-0.1, -0.05) is 74.3 Å². The quantitative estimate of drug-likeness (QED) is 0.0683. The van der Waals surface area contributed by atoms with Crippen LogP contribution in [0.1, 0.15) is 112 Å². The van der Waals surface area contributed by atoms with Gasteiger partial charge < -0.3 is 57.8 Å². The molecule has 4 aromatic rings. The lowest BCUT2D eigenvalue weighted by atomic mass is 10.1. The Labute approximate surface area is 351 Å². The maximum absolute atomic E-state index is 2.38. The average Bonchev–Trinajstić information content (AvgIpc) is 3.13. The largest absolute Gasteiger partial charge is 1.00 e. The number of anilines is 2. The predicted octanol–water partition coefficient (Wildman–Crippen LogP) is 4.74. The molecular weight excluding hydrogens is 862 g/mol. The highest BCUT2D eigenvalue weighted by Crippen LogP contribution is 2.19. The third kappa shape index (κ3) is 15.0. The number of benzene rings is 2. The van der Waals surface area contributed by atoms with E-state index in [0.29, 0.717) is 0 Å². The van der Waals surface area contributed by atoms with Crippen molar-refractivity contribution in [3.8, 4) is 0 Å². The van der Waals surface area contributed by atoms with Crippen LogP contribution in [0.5, 0.6) is 0 Å². The van der Waals surface area contributed by atoms with E-state index in [1.165, 1.54) is 96.1 Å². The highest BCUT2D eigenvalue weighted by atomic mass is 127. The molecule has 0 bridgehead atoms. The Morgan fingerprint density at radius 3 is 1.08 bits per heavy atom. The van der Waals surface area contributed by atoms with Crippen LogP contribution in [0.25, 0.3) is 24.3 Å². The van der Waals surface area contributed by atoms with E-state index < -0.39 is 0 Å². The zero-order chi connectivity index (χ0) is 35.6. The Kier molecular flexibility index (Phi) is 22.1. The minimum Gasteiger partial charge on any atom is -1.00 e. The van der Waals surface area contributed by atoms with Gasteiger partial charge in [0.25, 0.3) is 0 Å². The van der Waals surface area contributed by atoms with Crippen molar-refractivity contribution in [2.45, 2.75) is 106 Å². The molecule has 4 nitrogen and oxygen atoms in total. The number of hydrogen-bond acceptors (Lipinski definition) is 2. The molecule has 0 spiro atoms. The Bertz CT molecular complexity index is 1500. The van der Waals surface area contributed by atoms with Crippen LogP contribution >= 0.6 is 0 Å². The molecule has 0 aliphatic rings. The zero-order valence-corrected chi connectivity index (χ0v) is 37.2. The van der Waals surface area contributed by atoms with Crippen LogP contribution in [0.2, 0.25) is 0 Å².